The molecule has 0 amide bonds. The molecule has 4 atom stereocenters. The van der Waals surface area contributed by atoms with Gasteiger partial charge < -0.3 is 0 Å². The lowest BCUT2D eigenvalue weighted by Gasteiger charge is -2.22. The van der Waals surface area contributed by atoms with Crippen molar-refractivity contribution in [2.75, 3.05) is 0 Å². The van der Waals surface area contributed by atoms with Gasteiger partial charge in [0.25, 0.3) is 0 Å². The molecule has 0 heterocycles. The predicted molar refractivity (Wildman–Crippen MR) is 84.8 cm³/mol. The minimum absolute atomic E-state index is 0.868. The molecule has 0 spiro atoms. The lowest BCUT2D eigenvalue weighted by molar-refractivity contribution is 0.292. The third-order valence-electron chi connectivity index (χ3n) is 4.76. The second-order valence-electron chi connectivity index (χ2n) is 6.59. The van der Waals surface area contributed by atoms with Gasteiger partial charge in [0.15, 0.2) is 0 Å². The van der Waals surface area contributed by atoms with E-state index in [2.05, 4.69) is 47.3 Å². The maximum Gasteiger partial charge on any atom is -0.0351 e. The summed E-state index contributed by atoms with van der Waals surface area (Å²) >= 11 is 0. The fourth-order valence-electron chi connectivity index (χ4n) is 2.41. The van der Waals surface area contributed by atoms with Gasteiger partial charge in [0.2, 0.25) is 0 Å². The van der Waals surface area contributed by atoms with Gasteiger partial charge in [-0.25, -0.2) is 0 Å². The Kier molecular flexibility index (Phi) is 10.5. The van der Waals surface area contributed by atoms with Gasteiger partial charge in [0, 0.05) is 0 Å². The van der Waals surface area contributed by atoms with Crippen LogP contribution in [0.15, 0.2) is 12.7 Å². The number of hydrogen-bond donors (Lipinski definition) is 0. The van der Waals surface area contributed by atoms with Crippen LogP contribution < -0.4 is 0 Å². The first-order valence-corrected chi connectivity index (χ1v) is 8.12. The van der Waals surface area contributed by atoms with Gasteiger partial charge in [0.05, 0.1) is 0 Å². The van der Waals surface area contributed by atoms with Crippen LogP contribution in [0.1, 0.15) is 79.6 Å². The van der Waals surface area contributed by atoms with E-state index in [4.69, 9.17) is 0 Å². The van der Waals surface area contributed by atoms with Crippen molar-refractivity contribution < 1.29 is 0 Å². The molecule has 0 radical (unpaired) electrons. The number of rotatable bonds is 11. The Morgan fingerprint density at radius 2 is 1.28 bits per heavy atom. The summed E-state index contributed by atoms with van der Waals surface area (Å²) in [4.78, 5) is 0. The molecule has 0 aliphatic rings. The summed E-state index contributed by atoms with van der Waals surface area (Å²) < 4.78 is 0. The Hall–Kier alpha value is -0.260. The molecule has 0 aromatic carbocycles. The molecule has 0 N–H and O–H groups in total. The smallest absolute Gasteiger partial charge is 0.0351 e. The zero-order valence-corrected chi connectivity index (χ0v) is 13.5. The summed E-state index contributed by atoms with van der Waals surface area (Å²) in [5.41, 5.74) is 0. The molecule has 0 saturated carbocycles. The Labute approximate surface area is 116 Å². The average Bonchev–Trinajstić information content (AvgIpc) is 2.38. The van der Waals surface area contributed by atoms with Crippen molar-refractivity contribution in [3.05, 3.63) is 12.7 Å². The molecule has 108 valence electrons. The van der Waals surface area contributed by atoms with Crippen molar-refractivity contribution in [1.82, 2.24) is 0 Å². The van der Waals surface area contributed by atoms with E-state index < -0.39 is 0 Å². The van der Waals surface area contributed by atoms with E-state index in [0.717, 1.165) is 23.7 Å². The average molecular weight is 252 g/mol. The van der Waals surface area contributed by atoms with Gasteiger partial charge in [-0.3, -0.25) is 0 Å². The van der Waals surface area contributed by atoms with Gasteiger partial charge in [-0.2, -0.15) is 0 Å². The quantitative estimate of drug-likeness (QED) is 0.370. The highest BCUT2D eigenvalue weighted by molar-refractivity contribution is 4.70. The van der Waals surface area contributed by atoms with Gasteiger partial charge in [-0.15, -0.1) is 6.58 Å². The molecule has 0 nitrogen and oxygen atoms in total. The second-order valence-corrected chi connectivity index (χ2v) is 6.59. The zero-order chi connectivity index (χ0) is 14.0. The van der Waals surface area contributed by atoms with Crippen molar-refractivity contribution in [3.63, 3.8) is 0 Å². The lowest BCUT2D eigenvalue weighted by Crippen LogP contribution is -2.11. The highest BCUT2D eigenvalue weighted by Gasteiger charge is 2.14. The molecule has 0 saturated heterocycles. The van der Waals surface area contributed by atoms with Gasteiger partial charge in [-0.1, -0.05) is 72.8 Å². The Balaban J connectivity index is 3.72. The van der Waals surface area contributed by atoms with Crippen molar-refractivity contribution in [2.24, 2.45) is 23.7 Å². The normalized spacial score (nSPS) is 18.1. The van der Waals surface area contributed by atoms with E-state index in [9.17, 15) is 0 Å². The summed E-state index contributed by atoms with van der Waals surface area (Å²) in [5, 5.41) is 0. The van der Waals surface area contributed by atoms with Crippen molar-refractivity contribution in [3.8, 4) is 0 Å². The lowest BCUT2D eigenvalue weighted by atomic mass is 9.83. The maximum atomic E-state index is 3.80. The summed E-state index contributed by atoms with van der Waals surface area (Å²) in [5.74, 6) is 3.56. The molecule has 0 aliphatic carbocycles. The minimum atomic E-state index is 0.868. The van der Waals surface area contributed by atoms with Crippen LogP contribution in [0.25, 0.3) is 0 Å². The van der Waals surface area contributed by atoms with Crippen molar-refractivity contribution in [2.45, 2.75) is 79.6 Å². The van der Waals surface area contributed by atoms with E-state index in [0.29, 0.717) is 0 Å². The van der Waals surface area contributed by atoms with Crippen LogP contribution in [-0.4, -0.2) is 0 Å². The fourth-order valence-corrected chi connectivity index (χ4v) is 2.41. The molecule has 0 aromatic rings. The molecule has 0 fully saturated rings. The van der Waals surface area contributed by atoms with Gasteiger partial charge in [0.1, 0.15) is 0 Å². The minimum Gasteiger partial charge on any atom is -0.103 e. The van der Waals surface area contributed by atoms with E-state index in [1.165, 1.54) is 44.9 Å². The Morgan fingerprint density at radius 3 is 1.72 bits per heavy atom. The van der Waals surface area contributed by atoms with Crippen LogP contribution in [0, 0.1) is 23.7 Å². The number of allylic oxidation sites excluding steroid dienone is 1. The summed E-state index contributed by atoms with van der Waals surface area (Å²) in [6.45, 7) is 15.8. The highest BCUT2D eigenvalue weighted by atomic mass is 14.2. The van der Waals surface area contributed by atoms with Crippen molar-refractivity contribution in [1.29, 1.82) is 0 Å². The molecule has 0 aromatic heterocycles. The molecular formula is C18H36. The van der Waals surface area contributed by atoms with Crippen LogP contribution >= 0.6 is 0 Å². The zero-order valence-electron chi connectivity index (χ0n) is 13.5. The summed E-state index contributed by atoms with van der Waals surface area (Å²) in [6, 6.07) is 0. The van der Waals surface area contributed by atoms with Crippen LogP contribution in [0.5, 0.6) is 0 Å². The Bertz CT molecular complexity index is 194. The van der Waals surface area contributed by atoms with E-state index in [1.54, 1.807) is 0 Å². The maximum absolute atomic E-state index is 3.80. The van der Waals surface area contributed by atoms with Crippen LogP contribution in [0.3, 0.4) is 0 Å². The highest BCUT2D eigenvalue weighted by Crippen LogP contribution is 2.26. The monoisotopic (exact) mass is 252 g/mol. The van der Waals surface area contributed by atoms with E-state index >= 15 is 0 Å². The Morgan fingerprint density at radius 1 is 0.778 bits per heavy atom. The second kappa shape index (κ2) is 10.6. The van der Waals surface area contributed by atoms with E-state index in [-0.39, 0.29) is 0 Å². The number of hydrogen-bond acceptors (Lipinski definition) is 0. The molecule has 18 heavy (non-hydrogen) atoms. The molecule has 0 rings (SSSR count). The largest absolute Gasteiger partial charge is 0.103 e. The first-order chi connectivity index (χ1) is 8.51. The standard InChI is InChI=1S/C18H36/c1-7-9-10-16(4)12-14-18(6)17(5)13-11-15(3)8-2/h7,15-18H,1,8-14H2,2-6H3. The summed E-state index contributed by atoms with van der Waals surface area (Å²) in [6.07, 6.45) is 11.5. The van der Waals surface area contributed by atoms with Crippen LogP contribution in [0.2, 0.25) is 0 Å². The summed E-state index contributed by atoms with van der Waals surface area (Å²) in [7, 11) is 0. The first-order valence-electron chi connectivity index (χ1n) is 8.12. The van der Waals surface area contributed by atoms with Crippen LogP contribution in [-0.2, 0) is 0 Å². The van der Waals surface area contributed by atoms with Crippen molar-refractivity contribution >= 4 is 0 Å². The molecular weight excluding hydrogens is 216 g/mol. The predicted octanol–water partition coefficient (Wildman–Crippen LogP) is 6.47. The topological polar surface area (TPSA) is 0 Å². The van der Waals surface area contributed by atoms with Gasteiger partial charge in [-0.05, 0) is 36.5 Å². The fraction of sp³-hybridized carbons (Fsp3) is 0.889. The van der Waals surface area contributed by atoms with Gasteiger partial charge >= 0.3 is 0 Å². The molecule has 0 aliphatic heterocycles. The molecule has 0 heteroatoms. The first kappa shape index (κ1) is 17.7. The van der Waals surface area contributed by atoms with E-state index in [1.807, 2.05) is 0 Å². The SMILES string of the molecule is C=CCCC(C)CCC(C)C(C)CCC(C)CC. The van der Waals surface area contributed by atoms with Crippen LogP contribution in [0.4, 0.5) is 0 Å². The molecule has 0 bridgehead atoms. The third kappa shape index (κ3) is 8.78. The third-order valence-corrected chi connectivity index (χ3v) is 4.76. The molecule has 4 unspecified atom stereocenters.